The third kappa shape index (κ3) is 1.87. The van der Waals surface area contributed by atoms with Crippen LogP contribution in [0.1, 0.15) is 0 Å². The van der Waals surface area contributed by atoms with Gasteiger partial charge in [-0.25, -0.2) is 4.98 Å². The van der Waals surface area contributed by atoms with E-state index < -0.39 is 0 Å². The fourth-order valence-corrected chi connectivity index (χ4v) is 1.88. The average Bonchev–Trinajstić information content (AvgIpc) is 2.75. The number of aromatic nitrogens is 2. The molecule has 0 aliphatic heterocycles. The van der Waals surface area contributed by atoms with Crippen LogP contribution in [0.15, 0.2) is 54.9 Å². The molecule has 0 radical (unpaired) electrons. The van der Waals surface area contributed by atoms with Crippen LogP contribution in [0, 0.1) is 0 Å². The molecule has 0 saturated carbocycles. The van der Waals surface area contributed by atoms with Crippen molar-refractivity contribution in [1.82, 2.24) is 9.55 Å². The lowest BCUT2D eigenvalue weighted by Gasteiger charge is -2.07. The zero-order chi connectivity index (χ0) is 11.7. The molecular weight excluding hydrogens is 210 g/mol. The van der Waals surface area contributed by atoms with E-state index in [-0.39, 0.29) is 0 Å². The van der Waals surface area contributed by atoms with E-state index in [1.54, 1.807) is 6.20 Å². The highest BCUT2D eigenvalue weighted by Crippen LogP contribution is 2.21. The van der Waals surface area contributed by atoms with Crippen LogP contribution in [0.2, 0.25) is 0 Å². The zero-order valence-corrected chi connectivity index (χ0v) is 9.59. The third-order valence-electron chi connectivity index (χ3n) is 2.83. The van der Waals surface area contributed by atoms with Crippen LogP contribution in [-0.2, 0) is 7.05 Å². The van der Waals surface area contributed by atoms with Crippen molar-refractivity contribution in [3.63, 3.8) is 0 Å². The summed E-state index contributed by atoms with van der Waals surface area (Å²) in [6.07, 6.45) is 3.70. The predicted molar refractivity (Wildman–Crippen MR) is 70.4 cm³/mol. The van der Waals surface area contributed by atoms with E-state index in [0.29, 0.717) is 0 Å². The molecule has 0 aliphatic carbocycles. The number of hydrogen-bond acceptors (Lipinski definition) is 2. The smallest absolute Gasteiger partial charge is 0.207 e. The highest BCUT2D eigenvalue weighted by Gasteiger charge is 2.00. The van der Waals surface area contributed by atoms with Crippen LogP contribution in [0.4, 0.5) is 11.6 Å². The second kappa shape index (κ2) is 3.94. The summed E-state index contributed by atoms with van der Waals surface area (Å²) in [5.74, 6) is 0.847. The molecule has 0 unspecified atom stereocenters. The van der Waals surface area contributed by atoms with Crippen LogP contribution in [-0.4, -0.2) is 9.55 Å². The van der Waals surface area contributed by atoms with Gasteiger partial charge in [0.25, 0.3) is 0 Å². The normalized spacial score (nSPS) is 10.6. The molecule has 0 spiro atoms. The van der Waals surface area contributed by atoms with Gasteiger partial charge >= 0.3 is 0 Å². The Morgan fingerprint density at radius 1 is 1.06 bits per heavy atom. The lowest BCUT2D eigenvalue weighted by atomic mass is 10.1. The second-order valence-corrected chi connectivity index (χ2v) is 4.05. The quantitative estimate of drug-likeness (QED) is 0.722. The molecule has 1 aromatic heterocycles. The van der Waals surface area contributed by atoms with Crippen molar-refractivity contribution in [2.75, 3.05) is 5.32 Å². The standard InChI is InChI=1S/C14H13N3/c1-17-9-8-15-14(17)16-13-7-6-11-4-2-3-5-12(11)10-13/h2-10H,1H3,(H,15,16). The number of anilines is 2. The van der Waals surface area contributed by atoms with E-state index in [9.17, 15) is 0 Å². The fourth-order valence-electron chi connectivity index (χ4n) is 1.88. The summed E-state index contributed by atoms with van der Waals surface area (Å²) in [6.45, 7) is 0. The molecule has 0 amide bonds. The SMILES string of the molecule is Cn1ccnc1Nc1ccc2ccccc2c1. The van der Waals surface area contributed by atoms with Crippen molar-refractivity contribution < 1.29 is 0 Å². The second-order valence-electron chi connectivity index (χ2n) is 4.05. The largest absolute Gasteiger partial charge is 0.326 e. The molecule has 3 rings (SSSR count). The van der Waals surface area contributed by atoms with Gasteiger partial charge in [0, 0.05) is 25.1 Å². The number of benzene rings is 2. The molecule has 0 bridgehead atoms. The first kappa shape index (κ1) is 9.90. The summed E-state index contributed by atoms with van der Waals surface area (Å²) in [5.41, 5.74) is 1.05. The molecule has 2 aromatic carbocycles. The molecule has 0 saturated heterocycles. The van der Waals surface area contributed by atoms with Gasteiger partial charge in [-0.15, -0.1) is 0 Å². The van der Waals surface area contributed by atoms with Gasteiger partial charge in [-0.2, -0.15) is 0 Å². The first-order valence-corrected chi connectivity index (χ1v) is 5.56. The van der Waals surface area contributed by atoms with Gasteiger partial charge in [-0.1, -0.05) is 30.3 Å². The maximum atomic E-state index is 4.24. The van der Waals surface area contributed by atoms with E-state index in [1.807, 2.05) is 29.9 Å². The van der Waals surface area contributed by atoms with Gasteiger partial charge in [0.05, 0.1) is 0 Å². The minimum absolute atomic E-state index is 0.847. The molecular formula is C14H13N3. The number of nitrogens with zero attached hydrogens (tertiary/aromatic N) is 2. The summed E-state index contributed by atoms with van der Waals surface area (Å²) in [5, 5.41) is 5.77. The van der Waals surface area contributed by atoms with Gasteiger partial charge in [0.15, 0.2) is 0 Å². The molecule has 1 heterocycles. The fraction of sp³-hybridized carbons (Fsp3) is 0.0714. The summed E-state index contributed by atoms with van der Waals surface area (Å²) in [7, 11) is 1.97. The van der Waals surface area contributed by atoms with Crippen LogP contribution >= 0.6 is 0 Å². The average molecular weight is 223 g/mol. The lowest BCUT2D eigenvalue weighted by Crippen LogP contribution is -1.98. The predicted octanol–water partition coefficient (Wildman–Crippen LogP) is 3.32. The van der Waals surface area contributed by atoms with Gasteiger partial charge in [-0.05, 0) is 22.9 Å². The van der Waals surface area contributed by atoms with Crippen LogP contribution < -0.4 is 5.32 Å². The van der Waals surface area contributed by atoms with Crippen LogP contribution in [0.3, 0.4) is 0 Å². The highest BCUT2D eigenvalue weighted by atomic mass is 15.2. The molecule has 17 heavy (non-hydrogen) atoms. The monoisotopic (exact) mass is 223 g/mol. The van der Waals surface area contributed by atoms with Crippen molar-refractivity contribution in [2.45, 2.75) is 0 Å². The Morgan fingerprint density at radius 3 is 2.65 bits per heavy atom. The van der Waals surface area contributed by atoms with Gasteiger partial charge < -0.3 is 9.88 Å². The summed E-state index contributed by atoms with van der Waals surface area (Å²) in [6, 6.07) is 14.6. The molecule has 3 heteroatoms. The highest BCUT2D eigenvalue weighted by molar-refractivity contribution is 5.86. The third-order valence-corrected chi connectivity index (χ3v) is 2.83. The minimum atomic E-state index is 0.847. The minimum Gasteiger partial charge on any atom is -0.326 e. The first-order chi connectivity index (χ1) is 8.33. The Balaban J connectivity index is 1.99. The Morgan fingerprint density at radius 2 is 1.88 bits per heavy atom. The molecule has 3 aromatic rings. The Labute approximate surface area is 99.7 Å². The number of fused-ring (bicyclic) bond motifs is 1. The van der Waals surface area contributed by atoms with E-state index in [0.717, 1.165) is 11.6 Å². The maximum absolute atomic E-state index is 4.24. The number of imidazole rings is 1. The lowest BCUT2D eigenvalue weighted by molar-refractivity contribution is 0.924. The Bertz CT molecular complexity index is 655. The number of nitrogens with one attached hydrogen (secondary N) is 1. The Hall–Kier alpha value is -2.29. The van der Waals surface area contributed by atoms with E-state index in [4.69, 9.17) is 0 Å². The molecule has 0 fully saturated rings. The molecule has 0 aliphatic rings. The topological polar surface area (TPSA) is 29.9 Å². The van der Waals surface area contributed by atoms with Crippen molar-refractivity contribution in [3.8, 4) is 0 Å². The van der Waals surface area contributed by atoms with E-state index >= 15 is 0 Å². The molecule has 3 nitrogen and oxygen atoms in total. The number of aryl methyl sites for hydroxylation is 1. The molecule has 1 N–H and O–H groups in total. The van der Waals surface area contributed by atoms with Gasteiger partial charge in [-0.3, -0.25) is 0 Å². The number of rotatable bonds is 2. The van der Waals surface area contributed by atoms with E-state index in [1.165, 1.54) is 10.8 Å². The molecule has 0 atom stereocenters. The van der Waals surface area contributed by atoms with Gasteiger partial charge in [0.2, 0.25) is 5.95 Å². The van der Waals surface area contributed by atoms with Crippen molar-refractivity contribution in [2.24, 2.45) is 7.05 Å². The first-order valence-electron chi connectivity index (χ1n) is 5.56. The van der Waals surface area contributed by atoms with Crippen LogP contribution in [0.5, 0.6) is 0 Å². The zero-order valence-electron chi connectivity index (χ0n) is 9.59. The summed E-state index contributed by atoms with van der Waals surface area (Å²) < 4.78 is 1.95. The van der Waals surface area contributed by atoms with E-state index in [2.05, 4.69) is 40.6 Å². The Kier molecular flexibility index (Phi) is 2.29. The van der Waals surface area contributed by atoms with Crippen molar-refractivity contribution >= 4 is 22.4 Å². The van der Waals surface area contributed by atoms with Crippen LogP contribution in [0.25, 0.3) is 10.8 Å². The van der Waals surface area contributed by atoms with Crippen molar-refractivity contribution in [3.05, 3.63) is 54.9 Å². The summed E-state index contributed by atoms with van der Waals surface area (Å²) >= 11 is 0. The number of hydrogen-bond donors (Lipinski definition) is 1. The molecule has 84 valence electrons. The summed E-state index contributed by atoms with van der Waals surface area (Å²) in [4.78, 5) is 4.24. The maximum Gasteiger partial charge on any atom is 0.207 e. The van der Waals surface area contributed by atoms with Crippen molar-refractivity contribution in [1.29, 1.82) is 0 Å². The van der Waals surface area contributed by atoms with Gasteiger partial charge in [0.1, 0.15) is 0 Å².